The summed E-state index contributed by atoms with van der Waals surface area (Å²) < 4.78 is 1.09. The molecule has 2 aromatic carbocycles. The van der Waals surface area contributed by atoms with Crippen LogP contribution in [0.2, 0.25) is 0 Å². The van der Waals surface area contributed by atoms with Crippen molar-refractivity contribution in [3.05, 3.63) is 58.7 Å². The molecule has 0 heterocycles. The minimum atomic E-state index is -4.62. The zero-order valence-electron chi connectivity index (χ0n) is 26.3. The molecule has 0 radical (unpaired) electrons. The fourth-order valence-corrected chi connectivity index (χ4v) is 11.9. The minimum absolute atomic E-state index is 0.206. The number of hydrogen-bond donors (Lipinski definition) is 4. The first-order valence-electron chi connectivity index (χ1n) is 14.3. The molecule has 0 aromatic heterocycles. The number of amides is 2. The maximum absolute atomic E-state index is 13.2. The van der Waals surface area contributed by atoms with Gasteiger partial charge in [-0.15, -0.1) is 0 Å². The zero-order valence-corrected chi connectivity index (χ0v) is 30.7. The van der Waals surface area contributed by atoms with Gasteiger partial charge in [0.2, 0.25) is 0 Å². The van der Waals surface area contributed by atoms with Crippen molar-refractivity contribution >= 4 is 76.4 Å². The Balaban J connectivity index is 2.52. The standard InChI is InChI=1S/2C16H20NO4.2ClH.Sn/c2*1-16(2,3)12-6-4-5-11(9-12)15(21)17-10-13(18)7-8-14(19)20;;;/h2*5-6,9H,7-8,10H2,1-3H3,(H,17,21)(H,19,20);2*1H;/q;;;;+2/p-2. The Bertz CT molecular complexity index is 1380. The third-order valence-electron chi connectivity index (χ3n) is 6.98. The van der Waals surface area contributed by atoms with Crippen LogP contribution in [0.25, 0.3) is 0 Å². The van der Waals surface area contributed by atoms with Gasteiger partial charge in [-0.3, -0.25) is 0 Å². The number of carbonyl (C=O) groups excluding carboxylic acids is 4. The molecular weight excluding hydrogens is 730 g/mol. The molecule has 13 heteroatoms. The van der Waals surface area contributed by atoms with Gasteiger partial charge in [-0.25, -0.2) is 0 Å². The van der Waals surface area contributed by atoms with Crippen LogP contribution < -0.4 is 17.8 Å². The van der Waals surface area contributed by atoms with Gasteiger partial charge in [0.25, 0.3) is 0 Å². The topological polar surface area (TPSA) is 167 Å². The number of rotatable bonds is 14. The maximum atomic E-state index is 13.2. The summed E-state index contributed by atoms with van der Waals surface area (Å²) in [5, 5.41) is 22.7. The number of aliphatic carboxylic acids is 2. The number of ketones is 2. The Hall–Kier alpha value is -2.96. The average molecular weight is 770 g/mol. The fraction of sp³-hybridized carbons (Fsp3) is 0.438. The van der Waals surface area contributed by atoms with E-state index in [4.69, 9.17) is 28.1 Å². The monoisotopic (exact) mass is 770 g/mol. The predicted molar refractivity (Wildman–Crippen MR) is 175 cm³/mol. The van der Waals surface area contributed by atoms with Gasteiger partial charge in [0.05, 0.1) is 0 Å². The van der Waals surface area contributed by atoms with Gasteiger partial charge in [-0.1, -0.05) is 0 Å². The molecule has 0 aliphatic carbocycles. The number of carboxylic acids is 2. The third kappa shape index (κ3) is 11.7. The van der Waals surface area contributed by atoms with Crippen LogP contribution in [0.15, 0.2) is 36.4 Å². The molecule has 2 rings (SSSR count). The van der Waals surface area contributed by atoms with E-state index in [1.807, 2.05) is 53.7 Å². The predicted octanol–water partition coefficient (Wildman–Crippen LogP) is 3.64. The van der Waals surface area contributed by atoms with Crippen molar-refractivity contribution in [3.8, 4) is 0 Å². The summed E-state index contributed by atoms with van der Waals surface area (Å²) >= 11 is -4.62. The van der Waals surface area contributed by atoms with E-state index in [0.29, 0.717) is 7.16 Å². The van der Waals surface area contributed by atoms with Crippen LogP contribution in [-0.2, 0) is 30.0 Å². The molecule has 4 N–H and O–H groups in total. The van der Waals surface area contributed by atoms with Crippen molar-refractivity contribution in [1.82, 2.24) is 10.6 Å². The van der Waals surface area contributed by atoms with Gasteiger partial charge >= 0.3 is 276 Å². The molecule has 2 aromatic rings. The van der Waals surface area contributed by atoms with Gasteiger partial charge in [0, 0.05) is 0 Å². The Morgan fingerprint density at radius 2 is 0.933 bits per heavy atom. The van der Waals surface area contributed by atoms with Crippen molar-refractivity contribution in [2.45, 2.75) is 78.1 Å². The van der Waals surface area contributed by atoms with Crippen molar-refractivity contribution in [1.29, 1.82) is 0 Å². The SMILES string of the molecule is CC(C)(C)c1cc(C(=O)NCC(=O)CCC(=O)O)c[c]([Sn]([Cl])([Cl])[c]2cc(C(=O)NCC(=O)CCC(=O)O)cc(C(C)(C)C)c2)c1. The average Bonchev–Trinajstić information content (AvgIpc) is 2.94. The van der Waals surface area contributed by atoms with E-state index in [2.05, 4.69) is 10.6 Å². The molecule has 0 unspecified atom stereocenters. The van der Waals surface area contributed by atoms with Crippen LogP contribution in [0, 0.1) is 0 Å². The summed E-state index contributed by atoms with van der Waals surface area (Å²) in [4.78, 5) is 72.0. The molecule has 244 valence electrons. The number of carbonyl (C=O) groups is 6. The summed E-state index contributed by atoms with van der Waals surface area (Å²) in [6.07, 6.45) is -1.07. The van der Waals surface area contributed by atoms with Crippen LogP contribution >= 0.6 is 17.8 Å². The number of Topliss-reactive ketones (excluding diaryl/α,β-unsaturated/α-hetero) is 2. The zero-order chi connectivity index (χ0) is 34.3. The summed E-state index contributed by atoms with van der Waals surface area (Å²) in [5.74, 6) is -4.14. The van der Waals surface area contributed by atoms with Crippen molar-refractivity contribution < 1.29 is 39.0 Å². The second-order valence-corrected chi connectivity index (χ2v) is 28.4. The van der Waals surface area contributed by atoms with Crippen molar-refractivity contribution in [3.63, 3.8) is 0 Å². The second kappa shape index (κ2) is 15.6. The van der Waals surface area contributed by atoms with E-state index in [-0.39, 0.29) is 49.9 Å². The molecule has 0 spiro atoms. The molecule has 10 nitrogen and oxygen atoms in total. The van der Waals surface area contributed by atoms with Gasteiger partial charge in [-0.05, 0) is 0 Å². The Morgan fingerprint density at radius 3 is 1.22 bits per heavy atom. The van der Waals surface area contributed by atoms with Gasteiger partial charge in [-0.2, -0.15) is 0 Å². The molecule has 45 heavy (non-hydrogen) atoms. The molecule has 0 atom stereocenters. The molecule has 2 amide bonds. The second-order valence-electron chi connectivity index (χ2n) is 12.9. The first-order chi connectivity index (χ1) is 20.6. The molecule has 0 bridgehead atoms. The molecule has 0 aliphatic rings. The van der Waals surface area contributed by atoms with E-state index in [0.717, 1.165) is 11.1 Å². The number of nitrogens with one attached hydrogen (secondary N) is 2. The van der Waals surface area contributed by atoms with Crippen LogP contribution in [-0.4, -0.2) is 74.7 Å². The van der Waals surface area contributed by atoms with Crippen LogP contribution in [0.5, 0.6) is 0 Å². The van der Waals surface area contributed by atoms with E-state index in [1.54, 1.807) is 24.3 Å². The first kappa shape index (κ1) is 38.2. The van der Waals surface area contributed by atoms with Crippen molar-refractivity contribution in [2.24, 2.45) is 0 Å². The number of benzene rings is 2. The van der Waals surface area contributed by atoms with Crippen molar-refractivity contribution in [2.75, 3.05) is 13.1 Å². The Kier molecular flexibility index (Phi) is 13.2. The summed E-state index contributed by atoms with van der Waals surface area (Å²) in [7, 11) is 14.5. The van der Waals surface area contributed by atoms with E-state index in [9.17, 15) is 28.8 Å². The molecular formula is C32H40Cl2N2O8Sn. The molecule has 0 fully saturated rings. The van der Waals surface area contributed by atoms with Gasteiger partial charge < -0.3 is 0 Å². The van der Waals surface area contributed by atoms with Crippen LogP contribution in [0.4, 0.5) is 0 Å². The van der Waals surface area contributed by atoms with Gasteiger partial charge in [0.1, 0.15) is 0 Å². The molecule has 0 saturated carbocycles. The van der Waals surface area contributed by atoms with E-state index in [1.165, 1.54) is 0 Å². The summed E-state index contributed by atoms with van der Waals surface area (Å²) in [6, 6.07) is 10.3. The Labute approximate surface area is 274 Å². The Morgan fingerprint density at radius 1 is 0.600 bits per heavy atom. The summed E-state index contributed by atoms with van der Waals surface area (Å²) in [6.45, 7) is 11.1. The van der Waals surface area contributed by atoms with Crippen LogP contribution in [0.1, 0.15) is 99.1 Å². The molecule has 0 saturated heterocycles. The number of halogens is 2. The first-order valence-corrected chi connectivity index (χ1v) is 24.4. The van der Waals surface area contributed by atoms with E-state index < -0.39 is 62.3 Å². The number of hydrogen-bond acceptors (Lipinski definition) is 6. The van der Waals surface area contributed by atoms with Crippen LogP contribution in [0.3, 0.4) is 0 Å². The number of carboxylic acid groups (broad SMARTS) is 2. The van der Waals surface area contributed by atoms with Gasteiger partial charge in [0.15, 0.2) is 0 Å². The normalized spacial score (nSPS) is 11.9. The molecule has 0 aliphatic heterocycles. The fourth-order valence-electron chi connectivity index (χ4n) is 4.14. The quantitative estimate of drug-likeness (QED) is 0.212. The van der Waals surface area contributed by atoms with E-state index >= 15 is 0 Å². The summed E-state index contributed by atoms with van der Waals surface area (Å²) in [5.41, 5.74) is 1.18. The third-order valence-corrected chi connectivity index (χ3v) is 18.6.